The summed E-state index contributed by atoms with van der Waals surface area (Å²) >= 11 is 0. The fourth-order valence-electron chi connectivity index (χ4n) is 2.33. The Kier molecular flexibility index (Phi) is 3.30. The number of nitrogens with two attached hydrogens (primary N) is 1. The maximum Gasteiger partial charge on any atom is 0.234 e. The molecule has 0 spiro atoms. The van der Waals surface area contributed by atoms with Crippen molar-refractivity contribution < 1.29 is 9.53 Å². The fraction of sp³-hybridized carbons (Fsp3) is 0.500. The lowest BCUT2D eigenvalue weighted by Gasteiger charge is -2.38. The zero-order valence-corrected chi connectivity index (χ0v) is 11.1. The molecule has 1 aliphatic heterocycles. The van der Waals surface area contributed by atoms with Gasteiger partial charge in [0.25, 0.3) is 0 Å². The molecule has 98 valence electrons. The molecule has 2 unspecified atom stereocenters. The van der Waals surface area contributed by atoms with E-state index in [9.17, 15) is 4.79 Å². The van der Waals surface area contributed by atoms with Crippen LogP contribution in [0.4, 0.5) is 0 Å². The first-order valence-corrected chi connectivity index (χ1v) is 6.22. The van der Waals surface area contributed by atoms with Crippen LogP contribution in [-0.2, 0) is 4.79 Å². The third-order valence-corrected chi connectivity index (χ3v) is 3.25. The third-order valence-electron chi connectivity index (χ3n) is 3.25. The smallest absolute Gasteiger partial charge is 0.234 e. The van der Waals surface area contributed by atoms with Gasteiger partial charge in [-0.25, -0.2) is 0 Å². The van der Waals surface area contributed by atoms with Crippen LogP contribution >= 0.6 is 0 Å². The summed E-state index contributed by atoms with van der Waals surface area (Å²) in [5.74, 6) is 0.541. The summed E-state index contributed by atoms with van der Waals surface area (Å²) < 4.78 is 5.94. The molecule has 2 rings (SSSR count). The molecule has 2 atom stereocenters. The highest BCUT2D eigenvalue weighted by molar-refractivity contribution is 5.79. The summed E-state index contributed by atoms with van der Waals surface area (Å²) in [5, 5.41) is 3.28. The summed E-state index contributed by atoms with van der Waals surface area (Å²) in [6.07, 6.45) is 0.807. The van der Waals surface area contributed by atoms with E-state index in [2.05, 4.69) is 5.32 Å². The highest BCUT2D eigenvalue weighted by Crippen LogP contribution is 2.39. The standard InChI is InChI=1S/C14H20N2O2/c1-9(13(15)17)16-11-8-14(2,3)18-12-7-5-4-6-10(11)12/h4-7,9,11,16H,8H2,1-3H3,(H2,15,17). The van der Waals surface area contributed by atoms with Crippen molar-refractivity contribution in [2.45, 2.75) is 44.9 Å². The van der Waals surface area contributed by atoms with E-state index in [0.29, 0.717) is 0 Å². The first kappa shape index (κ1) is 12.9. The molecular formula is C14H20N2O2. The van der Waals surface area contributed by atoms with Crippen LogP contribution in [0.3, 0.4) is 0 Å². The van der Waals surface area contributed by atoms with Crippen LogP contribution in [0.15, 0.2) is 24.3 Å². The Bertz CT molecular complexity index is 457. The van der Waals surface area contributed by atoms with E-state index in [1.807, 2.05) is 38.1 Å². The van der Waals surface area contributed by atoms with Crippen molar-refractivity contribution in [3.63, 3.8) is 0 Å². The molecular weight excluding hydrogens is 228 g/mol. The van der Waals surface area contributed by atoms with Gasteiger partial charge in [-0.3, -0.25) is 10.1 Å². The minimum atomic E-state index is -0.350. The van der Waals surface area contributed by atoms with Crippen molar-refractivity contribution in [2.24, 2.45) is 5.73 Å². The molecule has 0 bridgehead atoms. The largest absolute Gasteiger partial charge is 0.487 e. The van der Waals surface area contributed by atoms with Gasteiger partial charge in [0, 0.05) is 18.0 Å². The van der Waals surface area contributed by atoms with Crippen LogP contribution in [0.5, 0.6) is 5.75 Å². The number of primary amides is 1. The number of nitrogens with one attached hydrogen (secondary N) is 1. The molecule has 1 aromatic rings. The minimum absolute atomic E-state index is 0.0902. The van der Waals surface area contributed by atoms with Crippen LogP contribution in [0.25, 0.3) is 0 Å². The number of carbonyl (C=O) groups excluding carboxylic acids is 1. The van der Waals surface area contributed by atoms with E-state index in [1.165, 1.54) is 0 Å². The number of hydrogen-bond acceptors (Lipinski definition) is 3. The van der Waals surface area contributed by atoms with Crippen LogP contribution in [-0.4, -0.2) is 17.6 Å². The summed E-state index contributed by atoms with van der Waals surface area (Å²) in [4.78, 5) is 11.2. The molecule has 0 aromatic heterocycles. The predicted octanol–water partition coefficient (Wildman–Crippen LogP) is 1.75. The number of fused-ring (bicyclic) bond motifs is 1. The maximum atomic E-state index is 11.2. The maximum absolute atomic E-state index is 11.2. The van der Waals surface area contributed by atoms with Crippen molar-refractivity contribution in [3.05, 3.63) is 29.8 Å². The number of rotatable bonds is 3. The predicted molar refractivity (Wildman–Crippen MR) is 70.3 cm³/mol. The average molecular weight is 248 g/mol. The summed E-state index contributed by atoms with van der Waals surface area (Å²) in [6.45, 7) is 5.88. The minimum Gasteiger partial charge on any atom is -0.487 e. The molecule has 1 aliphatic rings. The van der Waals surface area contributed by atoms with Gasteiger partial charge < -0.3 is 10.5 Å². The lowest BCUT2D eigenvalue weighted by atomic mass is 9.89. The SMILES string of the molecule is CC(NC1CC(C)(C)Oc2ccccc21)C(N)=O. The van der Waals surface area contributed by atoms with E-state index >= 15 is 0 Å². The average Bonchev–Trinajstić information content (AvgIpc) is 2.27. The Hall–Kier alpha value is -1.55. The summed E-state index contributed by atoms with van der Waals surface area (Å²) in [5.41, 5.74) is 6.15. The molecule has 4 heteroatoms. The van der Waals surface area contributed by atoms with Crippen molar-refractivity contribution in [3.8, 4) is 5.75 Å². The van der Waals surface area contributed by atoms with Crippen LogP contribution in [0.1, 0.15) is 38.8 Å². The van der Waals surface area contributed by atoms with Crippen molar-refractivity contribution in [2.75, 3.05) is 0 Å². The van der Waals surface area contributed by atoms with Crippen LogP contribution in [0.2, 0.25) is 0 Å². The Labute approximate surface area is 108 Å². The normalized spacial score (nSPS) is 22.7. The molecule has 1 aromatic carbocycles. The number of amides is 1. The van der Waals surface area contributed by atoms with Gasteiger partial charge in [0.2, 0.25) is 5.91 Å². The molecule has 0 aliphatic carbocycles. The molecule has 4 nitrogen and oxygen atoms in total. The quantitative estimate of drug-likeness (QED) is 0.856. The lowest BCUT2D eigenvalue weighted by Crippen LogP contribution is -2.46. The van der Waals surface area contributed by atoms with Gasteiger partial charge in [0.05, 0.1) is 6.04 Å². The Morgan fingerprint density at radius 1 is 1.50 bits per heavy atom. The van der Waals surface area contributed by atoms with Gasteiger partial charge in [0.15, 0.2) is 0 Å². The highest BCUT2D eigenvalue weighted by atomic mass is 16.5. The Balaban J connectivity index is 2.27. The Morgan fingerprint density at radius 3 is 2.83 bits per heavy atom. The van der Waals surface area contributed by atoms with Gasteiger partial charge >= 0.3 is 0 Å². The van der Waals surface area contributed by atoms with Gasteiger partial charge in [-0.2, -0.15) is 0 Å². The van der Waals surface area contributed by atoms with Crippen LogP contribution < -0.4 is 15.8 Å². The van der Waals surface area contributed by atoms with Crippen molar-refractivity contribution in [1.29, 1.82) is 0 Å². The second-order valence-electron chi connectivity index (χ2n) is 5.45. The summed E-state index contributed by atoms with van der Waals surface area (Å²) in [6, 6.07) is 7.65. The molecule has 1 amide bonds. The number of benzene rings is 1. The number of hydrogen-bond donors (Lipinski definition) is 2. The van der Waals surface area contributed by atoms with Crippen molar-refractivity contribution >= 4 is 5.91 Å². The zero-order chi connectivity index (χ0) is 13.3. The highest BCUT2D eigenvalue weighted by Gasteiger charge is 2.34. The van der Waals surface area contributed by atoms with E-state index < -0.39 is 0 Å². The molecule has 3 N–H and O–H groups in total. The molecule has 0 fully saturated rings. The van der Waals surface area contributed by atoms with E-state index in [1.54, 1.807) is 6.92 Å². The molecule has 1 heterocycles. The molecule has 18 heavy (non-hydrogen) atoms. The first-order chi connectivity index (χ1) is 8.39. The van der Waals surface area contributed by atoms with Crippen molar-refractivity contribution in [1.82, 2.24) is 5.32 Å². The molecule has 0 radical (unpaired) electrons. The number of para-hydroxylation sites is 1. The van der Waals surface area contributed by atoms with Gasteiger partial charge in [-0.1, -0.05) is 18.2 Å². The topological polar surface area (TPSA) is 64.3 Å². The van der Waals surface area contributed by atoms with E-state index in [-0.39, 0.29) is 23.6 Å². The van der Waals surface area contributed by atoms with Gasteiger partial charge in [-0.15, -0.1) is 0 Å². The second-order valence-corrected chi connectivity index (χ2v) is 5.45. The molecule has 0 saturated heterocycles. The lowest BCUT2D eigenvalue weighted by molar-refractivity contribution is -0.120. The second kappa shape index (κ2) is 4.61. The summed E-state index contributed by atoms with van der Waals surface area (Å²) in [7, 11) is 0. The van der Waals surface area contributed by atoms with E-state index in [0.717, 1.165) is 17.7 Å². The Morgan fingerprint density at radius 2 is 2.17 bits per heavy atom. The van der Waals surface area contributed by atoms with Gasteiger partial charge in [-0.05, 0) is 26.8 Å². The number of carbonyl (C=O) groups is 1. The van der Waals surface area contributed by atoms with Gasteiger partial charge in [0.1, 0.15) is 11.4 Å². The zero-order valence-electron chi connectivity index (χ0n) is 11.1. The van der Waals surface area contributed by atoms with E-state index in [4.69, 9.17) is 10.5 Å². The first-order valence-electron chi connectivity index (χ1n) is 6.22. The molecule has 0 saturated carbocycles. The monoisotopic (exact) mass is 248 g/mol. The number of ether oxygens (including phenoxy) is 1. The third kappa shape index (κ3) is 2.64. The van der Waals surface area contributed by atoms with Crippen LogP contribution in [0, 0.1) is 0 Å². The fourth-order valence-corrected chi connectivity index (χ4v) is 2.33.